The minimum Gasteiger partial charge on any atom is -0.309 e. The van der Waals surface area contributed by atoms with E-state index in [2.05, 4.69) is 254 Å². The first kappa shape index (κ1) is 37.7. The maximum absolute atomic E-state index is 2.46. The maximum Gasteiger partial charge on any atom is 0.0640 e. The summed E-state index contributed by atoms with van der Waals surface area (Å²) in [6.45, 7) is 0. The second kappa shape index (κ2) is 16.0. The quantitative estimate of drug-likeness (QED) is 0.138. The first-order chi connectivity index (χ1) is 31.8. The number of hydrogen-bond donors (Lipinski definition) is 0. The van der Waals surface area contributed by atoms with Gasteiger partial charge in [-0.05, 0) is 108 Å². The van der Waals surface area contributed by atoms with Crippen molar-refractivity contribution >= 4 is 70.1 Å². The van der Waals surface area contributed by atoms with E-state index in [1.807, 2.05) is 11.3 Å². The van der Waals surface area contributed by atoms with Crippen LogP contribution in [0.5, 0.6) is 0 Å². The summed E-state index contributed by atoms with van der Waals surface area (Å²) in [7, 11) is 0. The van der Waals surface area contributed by atoms with E-state index in [9.17, 15) is 0 Å². The van der Waals surface area contributed by atoms with Gasteiger partial charge in [0.25, 0.3) is 0 Å². The van der Waals surface area contributed by atoms with Crippen LogP contribution in [-0.2, 0) is 0 Å². The Morgan fingerprint density at radius 3 is 1.19 bits per heavy atom. The Balaban J connectivity index is 1.09. The molecule has 0 radical (unpaired) electrons. The second-order valence-electron chi connectivity index (χ2n) is 16.4. The highest BCUT2D eigenvalue weighted by molar-refractivity contribution is 7.27. The van der Waals surface area contributed by atoms with E-state index in [1.165, 1.54) is 97.4 Å². The fourth-order valence-corrected chi connectivity index (χ4v) is 11.1. The van der Waals surface area contributed by atoms with Gasteiger partial charge in [-0.15, -0.1) is 11.3 Å². The molecule has 12 aromatic rings. The van der Waals surface area contributed by atoms with E-state index in [0.717, 1.165) is 17.1 Å². The fraction of sp³-hybridized carbons (Fsp3) is 0. The van der Waals surface area contributed by atoms with Gasteiger partial charge < -0.3 is 4.90 Å². The summed E-state index contributed by atoms with van der Waals surface area (Å²) in [6, 6.07) is 90.8. The average molecular weight is 832 g/mol. The van der Waals surface area contributed by atoms with E-state index in [-0.39, 0.29) is 0 Å². The van der Waals surface area contributed by atoms with Crippen molar-refractivity contribution < 1.29 is 0 Å². The predicted octanol–water partition coefficient (Wildman–Crippen LogP) is 18.2. The van der Waals surface area contributed by atoms with Crippen LogP contribution in [-0.4, -0.2) is 0 Å². The molecule has 2 heteroatoms. The molecular formula is C62H41NS. The Morgan fingerprint density at radius 1 is 0.250 bits per heavy atom. The zero-order chi connectivity index (χ0) is 42.4. The molecule has 0 aliphatic heterocycles. The molecule has 0 unspecified atom stereocenters. The molecule has 0 spiro atoms. The SMILES string of the molecule is c1ccc(-c2ccc(N(c3ccc(-c4c(-c5ccccc5)c5ccccc5c5ccccc45)cc3)c3cccc4c3sc3c(-c5ccccc5)ccc(-c5ccccc5)c34)cc2)cc1. The Kier molecular flexibility index (Phi) is 9.43. The molecule has 0 atom stereocenters. The van der Waals surface area contributed by atoms with Gasteiger partial charge in [-0.3, -0.25) is 0 Å². The predicted molar refractivity (Wildman–Crippen MR) is 276 cm³/mol. The molecule has 0 amide bonds. The Morgan fingerprint density at radius 2 is 0.641 bits per heavy atom. The third kappa shape index (κ3) is 6.47. The van der Waals surface area contributed by atoms with E-state index in [0.29, 0.717) is 0 Å². The van der Waals surface area contributed by atoms with Gasteiger partial charge in [0, 0.05) is 26.8 Å². The van der Waals surface area contributed by atoms with Crippen LogP contribution in [0.1, 0.15) is 0 Å². The minimum atomic E-state index is 1.10. The van der Waals surface area contributed by atoms with Crippen molar-refractivity contribution in [3.63, 3.8) is 0 Å². The third-order valence-corrected chi connectivity index (χ3v) is 13.9. The third-order valence-electron chi connectivity index (χ3n) is 12.7. The van der Waals surface area contributed by atoms with E-state index in [1.54, 1.807) is 0 Å². The molecule has 11 aromatic carbocycles. The molecule has 0 aliphatic rings. The molecular weight excluding hydrogens is 791 g/mol. The van der Waals surface area contributed by atoms with Crippen molar-refractivity contribution in [2.24, 2.45) is 0 Å². The van der Waals surface area contributed by atoms with Gasteiger partial charge in [0.05, 0.1) is 10.4 Å². The molecule has 1 nitrogen and oxygen atoms in total. The number of nitrogens with zero attached hydrogens (tertiary/aromatic N) is 1. The number of benzene rings is 11. The lowest BCUT2D eigenvalue weighted by Crippen LogP contribution is -2.10. The lowest BCUT2D eigenvalue weighted by molar-refractivity contribution is 1.30. The zero-order valence-electron chi connectivity index (χ0n) is 35.0. The van der Waals surface area contributed by atoms with Crippen LogP contribution in [0.4, 0.5) is 17.1 Å². The minimum absolute atomic E-state index is 1.10. The van der Waals surface area contributed by atoms with E-state index < -0.39 is 0 Å². The first-order valence-electron chi connectivity index (χ1n) is 21.9. The van der Waals surface area contributed by atoms with Crippen LogP contribution in [0.15, 0.2) is 249 Å². The van der Waals surface area contributed by atoms with Crippen molar-refractivity contribution in [3.8, 4) is 55.6 Å². The Bertz CT molecular complexity index is 3610. The molecule has 64 heavy (non-hydrogen) atoms. The van der Waals surface area contributed by atoms with Gasteiger partial charge in [-0.25, -0.2) is 0 Å². The monoisotopic (exact) mass is 831 g/mol. The molecule has 1 heterocycles. The van der Waals surface area contributed by atoms with Crippen LogP contribution in [0, 0.1) is 0 Å². The summed E-state index contributed by atoms with van der Waals surface area (Å²) in [5.74, 6) is 0. The van der Waals surface area contributed by atoms with Gasteiger partial charge in [0.1, 0.15) is 0 Å². The molecule has 300 valence electrons. The smallest absolute Gasteiger partial charge is 0.0640 e. The fourth-order valence-electron chi connectivity index (χ4n) is 9.75. The molecule has 1 aromatic heterocycles. The summed E-state index contributed by atoms with van der Waals surface area (Å²) in [6.07, 6.45) is 0. The molecule has 0 N–H and O–H groups in total. The number of hydrogen-bond acceptors (Lipinski definition) is 2. The molecule has 0 aliphatic carbocycles. The van der Waals surface area contributed by atoms with Crippen molar-refractivity contribution in [2.45, 2.75) is 0 Å². The van der Waals surface area contributed by atoms with Gasteiger partial charge >= 0.3 is 0 Å². The number of fused-ring (bicyclic) bond motifs is 6. The van der Waals surface area contributed by atoms with Gasteiger partial charge in [-0.2, -0.15) is 0 Å². The summed E-state index contributed by atoms with van der Waals surface area (Å²) in [4.78, 5) is 2.46. The highest BCUT2D eigenvalue weighted by Gasteiger charge is 2.23. The second-order valence-corrected chi connectivity index (χ2v) is 17.4. The molecule has 0 fully saturated rings. The molecule has 0 bridgehead atoms. The van der Waals surface area contributed by atoms with Crippen molar-refractivity contribution in [1.29, 1.82) is 0 Å². The highest BCUT2D eigenvalue weighted by Crippen LogP contribution is 2.51. The highest BCUT2D eigenvalue weighted by atomic mass is 32.1. The molecule has 0 saturated carbocycles. The van der Waals surface area contributed by atoms with Crippen molar-refractivity contribution in [1.82, 2.24) is 0 Å². The summed E-state index contributed by atoms with van der Waals surface area (Å²) in [5, 5.41) is 7.59. The maximum atomic E-state index is 2.46. The molecule has 12 rings (SSSR count). The lowest BCUT2D eigenvalue weighted by atomic mass is 9.85. The summed E-state index contributed by atoms with van der Waals surface area (Å²) >= 11 is 1.90. The van der Waals surface area contributed by atoms with E-state index >= 15 is 0 Å². The van der Waals surface area contributed by atoms with Crippen LogP contribution < -0.4 is 4.90 Å². The average Bonchev–Trinajstić information content (AvgIpc) is 3.78. The topological polar surface area (TPSA) is 3.24 Å². The summed E-state index contributed by atoms with van der Waals surface area (Å²) in [5.41, 5.74) is 15.6. The van der Waals surface area contributed by atoms with Crippen LogP contribution in [0.3, 0.4) is 0 Å². The normalized spacial score (nSPS) is 11.4. The van der Waals surface area contributed by atoms with Gasteiger partial charge in [-0.1, -0.05) is 218 Å². The zero-order valence-corrected chi connectivity index (χ0v) is 35.8. The van der Waals surface area contributed by atoms with Crippen molar-refractivity contribution in [2.75, 3.05) is 4.90 Å². The standard InChI is InChI=1S/C62H41NS/c1-5-18-42(19-6-1)43-32-36-48(37-33-43)63(57-31-17-30-56-60-50(44-20-7-2-8-21-44)40-41-51(62(60)64-61(56)57)45-22-9-3-10-23-45)49-38-34-47(35-39-49)59-55-29-16-14-27-53(55)52-26-13-15-28-54(52)58(59)46-24-11-4-12-25-46/h1-41H. The number of rotatable bonds is 8. The van der Waals surface area contributed by atoms with Crippen LogP contribution in [0.2, 0.25) is 0 Å². The Labute approximate surface area is 377 Å². The Hall–Kier alpha value is -8.04. The number of anilines is 3. The lowest BCUT2D eigenvalue weighted by Gasteiger charge is -2.27. The van der Waals surface area contributed by atoms with Crippen LogP contribution in [0.25, 0.3) is 97.4 Å². The first-order valence-corrected chi connectivity index (χ1v) is 22.7. The van der Waals surface area contributed by atoms with E-state index in [4.69, 9.17) is 0 Å². The van der Waals surface area contributed by atoms with Gasteiger partial charge in [0.15, 0.2) is 0 Å². The summed E-state index contributed by atoms with van der Waals surface area (Å²) < 4.78 is 2.54. The van der Waals surface area contributed by atoms with Crippen LogP contribution >= 0.6 is 11.3 Å². The number of thiophene rings is 1. The van der Waals surface area contributed by atoms with Crippen molar-refractivity contribution in [3.05, 3.63) is 249 Å². The molecule has 0 saturated heterocycles. The largest absolute Gasteiger partial charge is 0.309 e. The van der Waals surface area contributed by atoms with Gasteiger partial charge in [0.2, 0.25) is 0 Å².